The van der Waals surface area contributed by atoms with Gasteiger partial charge in [0.1, 0.15) is 17.3 Å². The number of nitrogens with zero attached hydrogens (tertiary/aromatic N) is 2. The number of pyridine rings is 1. The molecule has 1 aliphatic heterocycles. The molecule has 1 saturated heterocycles. The number of nitrogens with two attached hydrogens (primary N) is 1. The number of nitrogens with one attached hydrogen (secondary N) is 1. The lowest BCUT2D eigenvalue weighted by Crippen LogP contribution is -2.37. The Morgan fingerprint density at radius 1 is 1.20 bits per heavy atom. The number of aromatic nitrogens is 1. The van der Waals surface area contributed by atoms with E-state index >= 15 is 8.78 Å². The maximum Gasteiger partial charge on any atom is 0.511 e. The highest BCUT2D eigenvalue weighted by atomic mass is 19.1. The summed E-state index contributed by atoms with van der Waals surface area (Å²) in [6.07, 6.45) is -1.61. The maximum absolute atomic E-state index is 16.0. The van der Waals surface area contributed by atoms with Crippen LogP contribution < -0.4 is 26.1 Å². The van der Waals surface area contributed by atoms with E-state index in [0.29, 0.717) is 6.07 Å². The third kappa shape index (κ3) is 4.02. The molecule has 9 nitrogen and oxygen atoms in total. The first kappa shape index (κ1) is 24.3. The van der Waals surface area contributed by atoms with Crippen molar-refractivity contribution >= 4 is 28.4 Å². The van der Waals surface area contributed by atoms with Gasteiger partial charge in [-0.25, -0.2) is 22.4 Å². The molecule has 1 aliphatic rings. The fourth-order valence-electron chi connectivity index (χ4n) is 4.29. The molecule has 35 heavy (non-hydrogen) atoms. The zero-order valence-electron chi connectivity index (χ0n) is 18.4. The Kier molecular flexibility index (Phi) is 6.30. The molecule has 13 heteroatoms. The average Bonchev–Trinajstić information content (AvgIpc) is 3.21. The van der Waals surface area contributed by atoms with E-state index in [-0.39, 0.29) is 19.1 Å². The van der Waals surface area contributed by atoms with Gasteiger partial charge in [-0.3, -0.25) is 4.79 Å². The van der Waals surface area contributed by atoms with Crippen LogP contribution >= 0.6 is 0 Å². The van der Waals surface area contributed by atoms with Crippen LogP contribution in [-0.4, -0.2) is 55.2 Å². The van der Waals surface area contributed by atoms with Crippen molar-refractivity contribution in [1.29, 1.82) is 0 Å². The number of hydrogen-bond acceptors (Lipinski definition) is 7. The summed E-state index contributed by atoms with van der Waals surface area (Å²) in [4.78, 5) is 25.3. The Morgan fingerprint density at radius 2 is 1.91 bits per heavy atom. The summed E-state index contributed by atoms with van der Waals surface area (Å²) < 4.78 is 70.3. The first-order chi connectivity index (χ1) is 16.6. The van der Waals surface area contributed by atoms with Gasteiger partial charge in [0.05, 0.1) is 40.6 Å². The number of methoxy groups -OCH3 is 1. The van der Waals surface area contributed by atoms with Crippen LogP contribution in [-0.2, 0) is 4.74 Å². The number of carbonyl (C=O) groups is 1. The molecule has 4 rings (SSSR count). The van der Waals surface area contributed by atoms with Crippen LogP contribution in [0.2, 0.25) is 0 Å². The van der Waals surface area contributed by atoms with E-state index in [1.165, 1.54) is 12.0 Å². The minimum absolute atomic E-state index is 0.0656. The predicted octanol–water partition coefficient (Wildman–Crippen LogP) is 2.61. The van der Waals surface area contributed by atoms with Crippen LogP contribution in [0.5, 0.6) is 5.75 Å². The van der Waals surface area contributed by atoms with Gasteiger partial charge in [0.25, 0.3) is 0 Å². The molecule has 0 unspecified atom stereocenters. The number of fused-ring (bicyclic) bond motifs is 1. The molecule has 0 bridgehead atoms. The summed E-state index contributed by atoms with van der Waals surface area (Å²) in [6.45, 7) is 0.180. The second kappa shape index (κ2) is 9.07. The number of anilines is 2. The number of ether oxygens (including phenoxy) is 2. The lowest BCUT2D eigenvalue weighted by Gasteiger charge is -2.23. The van der Waals surface area contributed by atoms with E-state index in [1.54, 1.807) is 7.05 Å². The maximum atomic E-state index is 16.0. The molecule has 0 aliphatic carbocycles. The Labute approximate surface area is 195 Å². The molecule has 186 valence electrons. The molecular weight excluding hydrogens is 476 g/mol. The molecule has 0 spiro atoms. The summed E-state index contributed by atoms with van der Waals surface area (Å²) in [5.74, 6) is -5.52. The van der Waals surface area contributed by atoms with E-state index in [2.05, 4.69) is 10.1 Å². The summed E-state index contributed by atoms with van der Waals surface area (Å²) >= 11 is 0. The van der Waals surface area contributed by atoms with E-state index in [1.807, 2.05) is 0 Å². The van der Waals surface area contributed by atoms with Crippen LogP contribution in [0.4, 0.5) is 33.7 Å². The van der Waals surface area contributed by atoms with Crippen LogP contribution in [0.3, 0.4) is 0 Å². The first-order valence-corrected chi connectivity index (χ1v) is 10.3. The molecule has 0 amide bonds. The van der Waals surface area contributed by atoms with E-state index in [0.717, 1.165) is 22.9 Å². The minimum Gasteiger partial charge on any atom is -0.449 e. The SMILES string of the molecule is CN[C@H]1CN(c2c(F)c(N)c3c(=O)c(OC(=O)O)cn(-c4ccc(F)cc4F)c3c2F)C[C@H]1OC. The standard InChI is InChI=1S/C22H20F4N4O5/c1-28-11-6-29(7-13(11)34-2)20-16(25)18(27)15-19(17(20)26)30(8-14(21(15)31)35-22(32)33)12-4-3-9(23)5-10(12)24/h3-5,8,11,13,28H,6-7,27H2,1-2H3,(H,32,33)/t11-,13+/m0/s1. The van der Waals surface area contributed by atoms with E-state index in [9.17, 15) is 18.4 Å². The van der Waals surface area contributed by atoms with Crippen LogP contribution in [0.1, 0.15) is 0 Å². The first-order valence-electron chi connectivity index (χ1n) is 10.3. The zero-order valence-corrected chi connectivity index (χ0v) is 18.4. The van der Waals surface area contributed by atoms with Crippen molar-refractivity contribution in [2.45, 2.75) is 12.1 Å². The Bertz CT molecular complexity index is 1380. The summed E-state index contributed by atoms with van der Waals surface area (Å²) in [6, 6.07) is 2.02. The Hall–Kier alpha value is -3.84. The molecule has 1 aromatic heterocycles. The molecule has 3 aromatic rings. The van der Waals surface area contributed by atoms with Gasteiger partial charge in [0.15, 0.2) is 17.4 Å². The van der Waals surface area contributed by atoms with Gasteiger partial charge in [0.2, 0.25) is 5.43 Å². The zero-order chi connectivity index (χ0) is 25.6. The van der Waals surface area contributed by atoms with Gasteiger partial charge in [-0.05, 0) is 19.2 Å². The highest BCUT2D eigenvalue weighted by Crippen LogP contribution is 2.38. The third-order valence-corrected chi connectivity index (χ3v) is 5.93. The fraction of sp³-hybridized carbons (Fsp3) is 0.273. The monoisotopic (exact) mass is 496 g/mol. The highest BCUT2D eigenvalue weighted by molar-refractivity contribution is 5.97. The van der Waals surface area contributed by atoms with E-state index in [4.69, 9.17) is 15.6 Å². The number of hydrogen-bond donors (Lipinski definition) is 3. The van der Waals surface area contributed by atoms with Crippen LogP contribution in [0.15, 0.2) is 29.2 Å². The van der Waals surface area contributed by atoms with Gasteiger partial charge in [-0.15, -0.1) is 0 Å². The van der Waals surface area contributed by atoms with E-state index < -0.39 is 74.7 Å². The second-order valence-electron chi connectivity index (χ2n) is 7.84. The quantitative estimate of drug-likeness (QED) is 0.280. The summed E-state index contributed by atoms with van der Waals surface area (Å²) in [5.41, 5.74) is 2.19. The van der Waals surface area contributed by atoms with Gasteiger partial charge < -0.3 is 35.1 Å². The van der Waals surface area contributed by atoms with Gasteiger partial charge in [0, 0.05) is 26.3 Å². The fourth-order valence-corrected chi connectivity index (χ4v) is 4.29. The molecule has 0 saturated carbocycles. The lowest BCUT2D eigenvalue weighted by atomic mass is 10.1. The number of nitrogen functional groups attached to an aromatic ring is 1. The van der Waals surface area contributed by atoms with Crippen molar-refractivity contribution in [2.24, 2.45) is 0 Å². The number of halogens is 4. The Morgan fingerprint density at radius 3 is 2.49 bits per heavy atom. The van der Waals surface area contributed by atoms with Crippen molar-refractivity contribution in [3.05, 3.63) is 57.9 Å². The molecule has 2 atom stereocenters. The Balaban J connectivity index is 2.08. The average molecular weight is 496 g/mol. The number of benzene rings is 2. The van der Waals surface area contributed by atoms with Crippen molar-refractivity contribution in [1.82, 2.24) is 9.88 Å². The number of carboxylic acid groups (broad SMARTS) is 1. The smallest absolute Gasteiger partial charge is 0.449 e. The number of likely N-dealkylation sites (N-methyl/N-ethyl adjacent to an activating group) is 1. The van der Waals surface area contributed by atoms with Gasteiger partial charge in [-0.2, -0.15) is 0 Å². The lowest BCUT2D eigenvalue weighted by molar-refractivity contribution is 0.0996. The van der Waals surface area contributed by atoms with Gasteiger partial charge >= 0.3 is 6.16 Å². The highest BCUT2D eigenvalue weighted by Gasteiger charge is 2.37. The van der Waals surface area contributed by atoms with Crippen LogP contribution in [0.25, 0.3) is 16.6 Å². The normalized spacial score (nSPS) is 17.8. The molecular formula is C22H20F4N4O5. The molecule has 2 aromatic carbocycles. The van der Waals surface area contributed by atoms with Crippen molar-refractivity contribution < 1.29 is 36.9 Å². The van der Waals surface area contributed by atoms with Crippen molar-refractivity contribution in [3.63, 3.8) is 0 Å². The van der Waals surface area contributed by atoms with Crippen molar-refractivity contribution in [2.75, 3.05) is 37.9 Å². The summed E-state index contributed by atoms with van der Waals surface area (Å²) in [5, 5.41) is 11.2. The topological polar surface area (TPSA) is 119 Å². The second-order valence-corrected chi connectivity index (χ2v) is 7.84. The molecule has 4 N–H and O–H groups in total. The van der Waals surface area contributed by atoms with Gasteiger partial charge in [-0.1, -0.05) is 0 Å². The molecule has 1 fully saturated rings. The largest absolute Gasteiger partial charge is 0.511 e. The third-order valence-electron chi connectivity index (χ3n) is 5.93. The molecule has 0 radical (unpaired) electrons. The number of rotatable bonds is 5. The molecule has 2 heterocycles. The predicted molar refractivity (Wildman–Crippen MR) is 118 cm³/mol. The van der Waals surface area contributed by atoms with Crippen molar-refractivity contribution in [3.8, 4) is 11.4 Å². The summed E-state index contributed by atoms with van der Waals surface area (Å²) in [7, 11) is 3.10. The minimum atomic E-state index is -1.90. The van der Waals surface area contributed by atoms with Crippen LogP contribution in [0, 0.1) is 23.3 Å².